The van der Waals surface area contributed by atoms with Gasteiger partial charge >= 0.3 is 0 Å². The van der Waals surface area contributed by atoms with Crippen molar-refractivity contribution >= 4 is 23.4 Å². The van der Waals surface area contributed by atoms with Crippen molar-refractivity contribution in [2.75, 3.05) is 0 Å². The van der Waals surface area contributed by atoms with Crippen LogP contribution in [0.5, 0.6) is 5.75 Å². The van der Waals surface area contributed by atoms with Crippen LogP contribution in [0.25, 0.3) is 0 Å². The number of benzene rings is 2. The zero-order valence-electron chi connectivity index (χ0n) is 13.9. The summed E-state index contributed by atoms with van der Waals surface area (Å²) in [6.07, 6.45) is 1.77. The molecule has 1 heterocycles. The molecule has 0 N–H and O–H groups in total. The minimum absolute atomic E-state index is 0.241. The van der Waals surface area contributed by atoms with Crippen LogP contribution in [0.2, 0.25) is 5.02 Å². The Morgan fingerprint density at radius 1 is 1.19 bits per heavy atom. The average Bonchev–Trinajstić information content (AvgIpc) is 3.02. The Labute approximate surface area is 160 Å². The van der Waals surface area contributed by atoms with E-state index in [2.05, 4.69) is 16.8 Å². The van der Waals surface area contributed by atoms with Crippen molar-refractivity contribution in [1.29, 1.82) is 0 Å². The Hall–Kier alpha value is -2.31. The Kier molecular flexibility index (Phi) is 6.30. The minimum atomic E-state index is -0.246. The summed E-state index contributed by atoms with van der Waals surface area (Å²) in [5.74, 6) is 1.62. The highest BCUT2D eigenvalue weighted by molar-refractivity contribution is 7.98. The summed E-state index contributed by atoms with van der Waals surface area (Å²) in [6.45, 7) is 4.58. The molecule has 134 valence electrons. The third-order valence-electron chi connectivity index (χ3n) is 3.56. The van der Waals surface area contributed by atoms with E-state index >= 15 is 0 Å². The van der Waals surface area contributed by atoms with Gasteiger partial charge in [0.05, 0.1) is 5.02 Å². The predicted octanol–water partition coefficient (Wildman–Crippen LogP) is 5.13. The van der Waals surface area contributed by atoms with Crippen molar-refractivity contribution < 1.29 is 9.13 Å². The molecule has 0 saturated heterocycles. The monoisotopic (exact) mass is 389 g/mol. The fourth-order valence-electron chi connectivity index (χ4n) is 2.32. The lowest BCUT2D eigenvalue weighted by atomic mass is 10.2. The van der Waals surface area contributed by atoms with Gasteiger partial charge in [0.2, 0.25) is 0 Å². The Morgan fingerprint density at radius 2 is 2.04 bits per heavy atom. The predicted molar refractivity (Wildman–Crippen MR) is 102 cm³/mol. The second kappa shape index (κ2) is 8.87. The molecule has 1 aromatic heterocycles. The zero-order valence-corrected chi connectivity index (χ0v) is 15.5. The van der Waals surface area contributed by atoms with E-state index in [1.54, 1.807) is 24.3 Å². The maximum atomic E-state index is 13.3. The van der Waals surface area contributed by atoms with Gasteiger partial charge in [-0.3, -0.25) is 4.57 Å². The van der Waals surface area contributed by atoms with Gasteiger partial charge < -0.3 is 4.74 Å². The highest BCUT2D eigenvalue weighted by Crippen LogP contribution is 2.26. The molecule has 0 radical (unpaired) electrons. The van der Waals surface area contributed by atoms with Gasteiger partial charge in [0.1, 0.15) is 18.2 Å². The Morgan fingerprint density at radius 3 is 2.81 bits per heavy atom. The first-order valence-corrected chi connectivity index (χ1v) is 9.31. The fraction of sp³-hybridized carbons (Fsp3) is 0.158. The third kappa shape index (κ3) is 4.65. The molecule has 3 rings (SSSR count). The highest BCUT2D eigenvalue weighted by atomic mass is 35.5. The van der Waals surface area contributed by atoms with Crippen molar-refractivity contribution in [1.82, 2.24) is 14.8 Å². The molecule has 0 bridgehead atoms. The van der Waals surface area contributed by atoms with Crippen LogP contribution in [-0.2, 0) is 18.9 Å². The summed E-state index contributed by atoms with van der Waals surface area (Å²) in [5.41, 5.74) is 0.886. The van der Waals surface area contributed by atoms with E-state index in [0.717, 1.165) is 10.7 Å². The molecule has 0 aliphatic heterocycles. The van der Waals surface area contributed by atoms with E-state index in [0.29, 0.717) is 28.9 Å². The van der Waals surface area contributed by atoms with E-state index in [9.17, 15) is 4.39 Å². The van der Waals surface area contributed by atoms with Crippen molar-refractivity contribution in [3.05, 3.63) is 83.4 Å². The molecule has 2 aromatic carbocycles. The van der Waals surface area contributed by atoms with Gasteiger partial charge in [-0.2, -0.15) is 0 Å². The standard InChI is InChI=1S/C19H17ClFN3OS/c1-2-10-24-18(12-25-17-9-4-3-8-16(17)20)22-23-19(24)26-13-14-6-5-7-15(21)11-14/h2-9,11H,1,10,12-13H2. The second-order valence-electron chi connectivity index (χ2n) is 5.44. The molecular weight excluding hydrogens is 373 g/mol. The van der Waals surface area contributed by atoms with Crippen molar-refractivity contribution in [2.45, 2.75) is 24.1 Å². The van der Waals surface area contributed by atoms with E-state index in [1.807, 2.05) is 22.8 Å². The summed E-state index contributed by atoms with van der Waals surface area (Å²) >= 11 is 7.60. The van der Waals surface area contributed by atoms with Crippen LogP contribution in [0.4, 0.5) is 4.39 Å². The first-order chi connectivity index (χ1) is 12.7. The number of halogens is 2. The molecule has 0 unspecified atom stereocenters. The Bertz CT molecular complexity index is 900. The number of para-hydroxylation sites is 1. The van der Waals surface area contributed by atoms with Crippen molar-refractivity contribution in [2.24, 2.45) is 0 Å². The van der Waals surface area contributed by atoms with Gasteiger partial charge in [-0.1, -0.05) is 53.7 Å². The topological polar surface area (TPSA) is 39.9 Å². The summed E-state index contributed by atoms with van der Waals surface area (Å²) in [7, 11) is 0. The van der Waals surface area contributed by atoms with Crippen LogP contribution in [0.15, 0.2) is 66.3 Å². The van der Waals surface area contributed by atoms with Gasteiger partial charge in [0.15, 0.2) is 11.0 Å². The molecule has 0 amide bonds. The molecule has 3 aromatic rings. The van der Waals surface area contributed by atoms with Gasteiger partial charge in [0, 0.05) is 12.3 Å². The van der Waals surface area contributed by atoms with Crippen LogP contribution < -0.4 is 4.74 Å². The van der Waals surface area contributed by atoms with Crippen LogP contribution >= 0.6 is 23.4 Å². The van der Waals surface area contributed by atoms with Gasteiger partial charge in [-0.05, 0) is 29.8 Å². The van der Waals surface area contributed by atoms with Gasteiger partial charge in [-0.15, -0.1) is 16.8 Å². The number of rotatable bonds is 8. The van der Waals surface area contributed by atoms with E-state index < -0.39 is 0 Å². The number of thioether (sulfide) groups is 1. The van der Waals surface area contributed by atoms with Crippen molar-refractivity contribution in [3.8, 4) is 5.75 Å². The van der Waals surface area contributed by atoms with Gasteiger partial charge in [-0.25, -0.2) is 4.39 Å². The summed E-state index contributed by atoms with van der Waals surface area (Å²) < 4.78 is 21.0. The number of hydrogen-bond acceptors (Lipinski definition) is 4. The molecule has 0 fully saturated rings. The van der Waals surface area contributed by atoms with Crippen molar-refractivity contribution in [3.63, 3.8) is 0 Å². The molecule has 0 atom stereocenters. The smallest absolute Gasteiger partial charge is 0.191 e. The second-order valence-corrected chi connectivity index (χ2v) is 6.79. The average molecular weight is 390 g/mol. The van der Waals surface area contributed by atoms with E-state index in [-0.39, 0.29) is 12.4 Å². The lowest BCUT2D eigenvalue weighted by Crippen LogP contribution is -2.07. The first-order valence-electron chi connectivity index (χ1n) is 7.95. The van der Waals surface area contributed by atoms with Crippen LogP contribution in [0, 0.1) is 5.82 Å². The van der Waals surface area contributed by atoms with Gasteiger partial charge in [0.25, 0.3) is 0 Å². The normalized spacial score (nSPS) is 10.7. The van der Waals surface area contributed by atoms with Crippen LogP contribution in [0.1, 0.15) is 11.4 Å². The number of ether oxygens (including phenoxy) is 1. The molecule has 0 aliphatic carbocycles. The summed E-state index contributed by atoms with van der Waals surface area (Å²) in [4.78, 5) is 0. The number of hydrogen-bond donors (Lipinski definition) is 0. The quantitative estimate of drug-likeness (QED) is 0.395. The number of allylic oxidation sites excluding steroid dienone is 1. The molecular formula is C19H17ClFN3OS. The molecule has 0 saturated carbocycles. The lowest BCUT2D eigenvalue weighted by Gasteiger charge is -2.10. The fourth-order valence-corrected chi connectivity index (χ4v) is 3.42. The lowest BCUT2D eigenvalue weighted by molar-refractivity contribution is 0.289. The summed E-state index contributed by atoms with van der Waals surface area (Å²) in [6, 6.07) is 13.8. The molecule has 26 heavy (non-hydrogen) atoms. The summed E-state index contributed by atoms with van der Waals surface area (Å²) in [5, 5.41) is 9.71. The zero-order chi connectivity index (χ0) is 18.4. The van der Waals surface area contributed by atoms with E-state index in [4.69, 9.17) is 16.3 Å². The molecule has 4 nitrogen and oxygen atoms in total. The van der Waals surface area contributed by atoms with Crippen LogP contribution in [0.3, 0.4) is 0 Å². The molecule has 0 spiro atoms. The number of aromatic nitrogens is 3. The molecule has 0 aliphatic rings. The largest absolute Gasteiger partial charge is 0.484 e. The Balaban J connectivity index is 1.71. The van der Waals surface area contributed by atoms with Crippen LogP contribution in [-0.4, -0.2) is 14.8 Å². The first kappa shape index (κ1) is 18.5. The third-order valence-corrected chi connectivity index (χ3v) is 4.91. The maximum Gasteiger partial charge on any atom is 0.191 e. The minimum Gasteiger partial charge on any atom is -0.484 e. The molecule has 7 heteroatoms. The number of nitrogens with zero attached hydrogens (tertiary/aromatic N) is 3. The highest BCUT2D eigenvalue weighted by Gasteiger charge is 2.13. The maximum absolute atomic E-state index is 13.3. The SMILES string of the molecule is C=CCn1c(COc2ccccc2Cl)nnc1SCc1cccc(F)c1. The van der Waals surface area contributed by atoms with E-state index in [1.165, 1.54) is 23.9 Å².